The second-order valence-corrected chi connectivity index (χ2v) is 3.26. The lowest BCUT2D eigenvalue weighted by Crippen LogP contribution is -2.10. The van der Waals surface area contributed by atoms with E-state index in [-0.39, 0.29) is 0 Å². The Labute approximate surface area is 67.9 Å². The van der Waals surface area contributed by atoms with Crippen molar-refractivity contribution in [3.8, 4) is 0 Å². The molecule has 0 saturated heterocycles. The summed E-state index contributed by atoms with van der Waals surface area (Å²) in [4.78, 5) is 9.75. The summed E-state index contributed by atoms with van der Waals surface area (Å²) < 4.78 is 4.59. The maximum atomic E-state index is 9.75. The van der Waals surface area contributed by atoms with Crippen molar-refractivity contribution in [2.45, 2.75) is 38.5 Å². The summed E-state index contributed by atoms with van der Waals surface area (Å²) in [6.45, 7) is 1.14. The largest absolute Gasteiger partial charge is 0.468 e. The first-order valence-corrected chi connectivity index (χ1v) is 4.48. The van der Waals surface area contributed by atoms with Crippen LogP contribution in [0.3, 0.4) is 0 Å². The van der Waals surface area contributed by atoms with E-state index in [4.69, 9.17) is 0 Å². The van der Waals surface area contributed by atoms with Crippen molar-refractivity contribution in [3.05, 3.63) is 0 Å². The topological polar surface area (TPSA) is 26.3 Å². The van der Waals surface area contributed by atoms with E-state index in [0.717, 1.165) is 12.3 Å². The van der Waals surface area contributed by atoms with Gasteiger partial charge in [-0.05, 0) is 18.8 Å². The minimum absolute atomic E-state index is 0.531. The zero-order valence-corrected chi connectivity index (χ0v) is 6.92. The third-order valence-corrected chi connectivity index (χ3v) is 2.42. The van der Waals surface area contributed by atoms with Gasteiger partial charge in [0.15, 0.2) is 0 Å². The van der Waals surface area contributed by atoms with Crippen LogP contribution in [0, 0.1) is 5.92 Å². The minimum Gasteiger partial charge on any atom is -0.468 e. The van der Waals surface area contributed by atoms with Crippen molar-refractivity contribution in [2.75, 3.05) is 6.61 Å². The smallest absolute Gasteiger partial charge is 0.293 e. The summed E-state index contributed by atoms with van der Waals surface area (Å²) >= 11 is 0. The lowest BCUT2D eigenvalue weighted by molar-refractivity contribution is -0.128. The molecular formula is C9H16O2. The lowest BCUT2D eigenvalue weighted by Gasteiger charge is -2.24. The first-order valence-electron chi connectivity index (χ1n) is 4.48. The number of rotatable bonds is 6. The van der Waals surface area contributed by atoms with Gasteiger partial charge in [-0.15, -0.1) is 0 Å². The molecule has 1 fully saturated rings. The van der Waals surface area contributed by atoms with Gasteiger partial charge in [0.25, 0.3) is 6.47 Å². The predicted molar refractivity (Wildman–Crippen MR) is 43.2 cm³/mol. The first kappa shape index (κ1) is 8.57. The molecule has 2 nitrogen and oxygen atoms in total. The Hall–Kier alpha value is -0.530. The first-order chi connectivity index (χ1) is 5.43. The Balaban J connectivity index is 1.76. The van der Waals surface area contributed by atoms with Gasteiger partial charge in [0, 0.05) is 0 Å². The van der Waals surface area contributed by atoms with Crippen LogP contribution in [0.4, 0.5) is 0 Å². The quantitative estimate of drug-likeness (QED) is 0.435. The summed E-state index contributed by atoms with van der Waals surface area (Å²) in [5.41, 5.74) is 0. The van der Waals surface area contributed by atoms with Crippen LogP contribution in [-0.4, -0.2) is 13.1 Å². The van der Waals surface area contributed by atoms with Crippen LogP contribution >= 0.6 is 0 Å². The summed E-state index contributed by atoms with van der Waals surface area (Å²) in [5, 5.41) is 0. The van der Waals surface area contributed by atoms with Crippen LogP contribution < -0.4 is 0 Å². The van der Waals surface area contributed by atoms with Crippen molar-refractivity contribution < 1.29 is 9.53 Å². The van der Waals surface area contributed by atoms with Crippen molar-refractivity contribution in [1.29, 1.82) is 0 Å². The van der Waals surface area contributed by atoms with Crippen LogP contribution in [0.2, 0.25) is 0 Å². The van der Waals surface area contributed by atoms with E-state index < -0.39 is 0 Å². The Bertz CT molecular complexity index is 108. The van der Waals surface area contributed by atoms with Crippen LogP contribution in [0.15, 0.2) is 0 Å². The molecule has 0 aromatic heterocycles. The fourth-order valence-electron chi connectivity index (χ4n) is 1.45. The van der Waals surface area contributed by atoms with Gasteiger partial charge in [-0.1, -0.05) is 25.7 Å². The van der Waals surface area contributed by atoms with Gasteiger partial charge in [0.2, 0.25) is 0 Å². The second kappa shape index (κ2) is 5.16. The molecule has 0 N–H and O–H groups in total. The normalized spacial score (nSPS) is 17.5. The molecule has 0 atom stereocenters. The fourth-order valence-corrected chi connectivity index (χ4v) is 1.45. The highest BCUT2D eigenvalue weighted by Crippen LogP contribution is 2.30. The van der Waals surface area contributed by atoms with E-state index >= 15 is 0 Å². The molecule has 1 saturated carbocycles. The van der Waals surface area contributed by atoms with Gasteiger partial charge in [-0.2, -0.15) is 0 Å². The van der Waals surface area contributed by atoms with Gasteiger partial charge in [0.05, 0.1) is 6.61 Å². The summed E-state index contributed by atoms with van der Waals surface area (Å²) in [6, 6.07) is 0. The zero-order valence-electron chi connectivity index (χ0n) is 6.92. The van der Waals surface area contributed by atoms with Crippen LogP contribution in [0.25, 0.3) is 0 Å². The molecule has 0 aliphatic heterocycles. The van der Waals surface area contributed by atoms with E-state index in [1.807, 2.05) is 0 Å². The van der Waals surface area contributed by atoms with Crippen molar-refractivity contribution >= 4 is 6.47 Å². The molecule has 64 valence electrons. The third kappa shape index (κ3) is 3.40. The molecule has 0 aromatic rings. The number of carbonyl (C=O) groups is 1. The SMILES string of the molecule is O=COCCCCC1CCC1. The molecule has 0 radical (unpaired) electrons. The van der Waals surface area contributed by atoms with Gasteiger partial charge in [0.1, 0.15) is 0 Å². The highest BCUT2D eigenvalue weighted by Gasteiger charge is 2.15. The van der Waals surface area contributed by atoms with Crippen molar-refractivity contribution in [3.63, 3.8) is 0 Å². The second-order valence-electron chi connectivity index (χ2n) is 3.26. The number of hydrogen-bond acceptors (Lipinski definition) is 2. The maximum Gasteiger partial charge on any atom is 0.293 e. The summed E-state index contributed by atoms with van der Waals surface area (Å²) in [5.74, 6) is 0.992. The van der Waals surface area contributed by atoms with Gasteiger partial charge >= 0.3 is 0 Å². The molecule has 0 heterocycles. The zero-order chi connectivity index (χ0) is 7.94. The number of unbranched alkanes of at least 4 members (excludes halogenated alkanes) is 1. The van der Waals surface area contributed by atoms with Crippen molar-refractivity contribution in [2.24, 2.45) is 5.92 Å². The Kier molecular flexibility index (Phi) is 4.02. The molecule has 0 unspecified atom stereocenters. The molecule has 1 rings (SSSR count). The standard InChI is InChI=1S/C9H16O2/c10-8-11-7-2-1-4-9-5-3-6-9/h8-9H,1-7H2. The lowest BCUT2D eigenvalue weighted by atomic mass is 9.82. The molecule has 2 heteroatoms. The molecule has 0 spiro atoms. The molecular weight excluding hydrogens is 140 g/mol. The Morgan fingerprint density at radius 3 is 2.73 bits per heavy atom. The Morgan fingerprint density at radius 2 is 2.18 bits per heavy atom. The molecule has 0 bridgehead atoms. The summed E-state index contributed by atoms with van der Waals surface area (Å²) in [6.07, 6.45) is 7.87. The third-order valence-electron chi connectivity index (χ3n) is 2.42. The monoisotopic (exact) mass is 156 g/mol. The highest BCUT2D eigenvalue weighted by atomic mass is 16.5. The molecule has 1 aliphatic carbocycles. The van der Waals surface area contributed by atoms with E-state index in [9.17, 15) is 4.79 Å². The average Bonchev–Trinajstić information content (AvgIpc) is 1.93. The van der Waals surface area contributed by atoms with Crippen LogP contribution in [-0.2, 0) is 9.53 Å². The van der Waals surface area contributed by atoms with Crippen LogP contribution in [0.5, 0.6) is 0 Å². The van der Waals surface area contributed by atoms with Crippen LogP contribution in [0.1, 0.15) is 38.5 Å². The maximum absolute atomic E-state index is 9.75. The Morgan fingerprint density at radius 1 is 1.36 bits per heavy atom. The summed E-state index contributed by atoms with van der Waals surface area (Å²) in [7, 11) is 0. The van der Waals surface area contributed by atoms with Gasteiger partial charge in [-0.3, -0.25) is 4.79 Å². The predicted octanol–water partition coefficient (Wildman–Crippen LogP) is 2.13. The highest BCUT2D eigenvalue weighted by molar-refractivity contribution is 5.36. The number of carbonyl (C=O) groups excluding carboxylic acids is 1. The van der Waals surface area contributed by atoms with E-state index in [1.54, 1.807) is 0 Å². The molecule has 1 aliphatic rings. The van der Waals surface area contributed by atoms with Crippen molar-refractivity contribution in [1.82, 2.24) is 0 Å². The molecule has 0 aromatic carbocycles. The van der Waals surface area contributed by atoms with Gasteiger partial charge in [-0.25, -0.2) is 0 Å². The molecule has 0 amide bonds. The van der Waals surface area contributed by atoms with E-state index in [2.05, 4.69) is 4.74 Å². The van der Waals surface area contributed by atoms with E-state index in [0.29, 0.717) is 13.1 Å². The van der Waals surface area contributed by atoms with E-state index in [1.165, 1.54) is 32.1 Å². The number of ether oxygens (including phenoxy) is 1. The molecule has 11 heavy (non-hydrogen) atoms. The average molecular weight is 156 g/mol. The minimum atomic E-state index is 0.531. The van der Waals surface area contributed by atoms with Gasteiger partial charge < -0.3 is 4.74 Å². The fraction of sp³-hybridized carbons (Fsp3) is 0.889. The number of hydrogen-bond donors (Lipinski definition) is 0.